The van der Waals surface area contributed by atoms with Crippen molar-refractivity contribution in [2.45, 2.75) is 39.0 Å². The fourth-order valence-electron chi connectivity index (χ4n) is 2.65. The van der Waals surface area contributed by atoms with Gasteiger partial charge in [-0.3, -0.25) is 14.9 Å². The number of nitrogens with zero attached hydrogens (tertiary/aromatic N) is 1. The molecule has 0 heterocycles. The summed E-state index contributed by atoms with van der Waals surface area (Å²) in [5.41, 5.74) is 1.37. The Morgan fingerprint density at radius 2 is 2.26 bits per heavy atom. The van der Waals surface area contributed by atoms with Gasteiger partial charge in [0.25, 0.3) is 0 Å². The van der Waals surface area contributed by atoms with Gasteiger partial charge < -0.3 is 9.84 Å². The van der Waals surface area contributed by atoms with Crippen LogP contribution in [0.4, 0.5) is 5.69 Å². The number of carbonyl (C=O) groups is 1. The van der Waals surface area contributed by atoms with Gasteiger partial charge in [-0.1, -0.05) is 25.1 Å². The molecule has 1 aromatic carbocycles. The van der Waals surface area contributed by atoms with Crippen molar-refractivity contribution < 1.29 is 19.6 Å². The van der Waals surface area contributed by atoms with Crippen LogP contribution < -0.4 is 4.74 Å². The van der Waals surface area contributed by atoms with E-state index in [1.165, 1.54) is 6.07 Å². The molecule has 6 nitrogen and oxygen atoms in total. The summed E-state index contributed by atoms with van der Waals surface area (Å²) in [6.45, 7) is 4.23. The molecule has 1 aromatic rings. The van der Waals surface area contributed by atoms with Crippen LogP contribution in [0.2, 0.25) is 0 Å². The number of ether oxygens (including phenoxy) is 1. The van der Waals surface area contributed by atoms with Crippen LogP contribution in [-0.2, 0) is 11.2 Å². The fraction of sp³-hybridized carbons (Fsp3) is 0.471. The molecule has 1 N–H and O–H groups in total. The third-order valence-corrected chi connectivity index (χ3v) is 3.93. The van der Waals surface area contributed by atoms with Gasteiger partial charge in [0, 0.05) is 11.6 Å². The van der Waals surface area contributed by atoms with Crippen molar-refractivity contribution in [2.24, 2.45) is 5.92 Å². The first-order valence-corrected chi connectivity index (χ1v) is 7.77. The summed E-state index contributed by atoms with van der Waals surface area (Å²) in [5, 5.41) is 20.5. The van der Waals surface area contributed by atoms with Crippen molar-refractivity contribution in [3.8, 4) is 5.75 Å². The number of nitro benzene ring substituents is 1. The van der Waals surface area contributed by atoms with Crippen LogP contribution in [0.3, 0.4) is 0 Å². The first-order chi connectivity index (χ1) is 11.0. The van der Waals surface area contributed by atoms with Gasteiger partial charge in [0.05, 0.1) is 17.4 Å². The van der Waals surface area contributed by atoms with Gasteiger partial charge in [0.1, 0.15) is 0 Å². The quantitative estimate of drug-likeness (QED) is 0.448. The highest BCUT2D eigenvalue weighted by molar-refractivity contribution is 5.75. The highest BCUT2D eigenvalue weighted by Crippen LogP contribution is 2.50. The second kappa shape index (κ2) is 7.26. The Kier molecular flexibility index (Phi) is 5.36. The number of allylic oxidation sites excluding steroid dienone is 2. The van der Waals surface area contributed by atoms with Gasteiger partial charge >= 0.3 is 11.7 Å². The lowest BCUT2D eigenvalue weighted by Gasteiger charge is -2.12. The van der Waals surface area contributed by atoms with Crippen LogP contribution in [0, 0.1) is 16.0 Å². The molecule has 23 heavy (non-hydrogen) atoms. The van der Waals surface area contributed by atoms with Crippen LogP contribution >= 0.6 is 0 Å². The maximum absolute atomic E-state index is 11.4. The highest BCUT2D eigenvalue weighted by Gasteiger charge is 2.45. The van der Waals surface area contributed by atoms with E-state index >= 15 is 0 Å². The first-order valence-electron chi connectivity index (χ1n) is 7.77. The molecule has 0 unspecified atom stereocenters. The minimum absolute atomic E-state index is 0.0773. The molecule has 0 aromatic heterocycles. The molecular weight excluding hydrogens is 298 g/mol. The Morgan fingerprint density at radius 3 is 2.78 bits per heavy atom. The Bertz CT molecular complexity index is 638. The van der Waals surface area contributed by atoms with Gasteiger partial charge in [-0.2, -0.15) is 0 Å². The smallest absolute Gasteiger partial charge is 0.311 e. The molecule has 2 rings (SSSR count). The molecule has 0 spiro atoms. The lowest BCUT2D eigenvalue weighted by molar-refractivity contribution is -0.386. The molecule has 0 bridgehead atoms. The van der Waals surface area contributed by atoms with Crippen molar-refractivity contribution in [1.29, 1.82) is 0 Å². The molecule has 1 fully saturated rings. The Hall–Kier alpha value is -2.37. The normalized spacial score (nSPS) is 19.7. The highest BCUT2D eigenvalue weighted by atomic mass is 16.6. The number of hydrogen-bond acceptors (Lipinski definition) is 4. The third-order valence-electron chi connectivity index (χ3n) is 3.93. The van der Waals surface area contributed by atoms with Crippen LogP contribution in [0.5, 0.6) is 5.75 Å². The molecule has 0 amide bonds. The molecule has 0 saturated heterocycles. The van der Waals surface area contributed by atoms with Crippen molar-refractivity contribution in [3.63, 3.8) is 0 Å². The molecule has 1 saturated carbocycles. The number of rotatable bonds is 8. The standard InChI is InChI=1S/C17H21NO5/c1-3-5-6-11-8-12(13-10-14(13)17(19)20)9-15(18(21)22)16(11)23-7-4-2/h3,5,8-9,13-14H,4,6-7,10H2,1-2H3,(H,19,20)/b5-3+/t13-,14-/m1/s1. The summed E-state index contributed by atoms with van der Waals surface area (Å²) in [5.74, 6) is -1.13. The van der Waals surface area contributed by atoms with Gasteiger partial charge in [0.15, 0.2) is 0 Å². The van der Waals surface area contributed by atoms with Crippen molar-refractivity contribution >= 4 is 11.7 Å². The molecule has 1 aliphatic rings. The van der Waals surface area contributed by atoms with E-state index in [9.17, 15) is 14.9 Å². The zero-order valence-corrected chi connectivity index (χ0v) is 13.3. The predicted molar refractivity (Wildman–Crippen MR) is 85.9 cm³/mol. The Morgan fingerprint density at radius 1 is 1.52 bits per heavy atom. The summed E-state index contributed by atoms with van der Waals surface area (Å²) in [6, 6.07) is 3.32. The SMILES string of the molecule is C/C=C/Cc1cc([C@H]2C[C@H]2C(=O)O)cc([N+](=O)[O-])c1OCCC. The molecule has 124 valence electrons. The molecule has 0 radical (unpaired) electrons. The van der Waals surface area contributed by atoms with E-state index in [-0.39, 0.29) is 11.6 Å². The number of hydrogen-bond donors (Lipinski definition) is 1. The minimum atomic E-state index is -0.848. The van der Waals surface area contributed by atoms with E-state index < -0.39 is 16.8 Å². The number of carboxylic acids is 1. The Labute approximate surface area is 134 Å². The molecule has 6 heteroatoms. The average molecular weight is 319 g/mol. The van der Waals surface area contributed by atoms with E-state index in [1.54, 1.807) is 0 Å². The average Bonchev–Trinajstić information content (AvgIpc) is 3.31. The van der Waals surface area contributed by atoms with Crippen LogP contribution in [0.25, 0.3) is 0 Å². The van der Waals surface area contributed by atoms with Gasteiger partial charge in [0.2, 0.25) is 5.75 Å². The number of nitro groups is 1. The number of benzene rings is 1. The lowest BCUT2D eigenvalue weighted by atomic mass is 10.0. The van der Waals surface area contributed by atoms with E-state index in [2.05, 4.69) is 0 Å². The lowest BCUT2D eigenvalue weighted by Crippen LogP contribution is -2.05. The Balaban J connectivity index is 2.44. The number of carboxylic acid groups (broad SMARTS) is 1. The number of aliphatic carboxylic acids is 1. The van der Waals surface area contributed by atoms with Crippen LogP contribution in [0.1, 0.15) is 43.7 Å². The van der Waals surface area contributed by atoms with Crippen molar-refractivity contribution in [2.75, 3.05) is 6.61 Å². The third kappa shape index (κ3) is 3.88. The maximum Gasteiger partial charge on any atom is 0.311 e. The summed E-state index contributed by atoms with van der Waals surface area (Å²) < 4.78 is 5.61. The summed E-state index contributed by atoms with van der Waals surface area (Å²) in [6.07, 6.45) is 5.59. The first kappa shape index (κ1) is 17.0. The largest absolute Gasteiger partial charge is 0.487 e. The minimum Gasteiger partial charge on any atom is -0.487 e. The van der Waals surface area contributed by atoms with Crippen molar-refractivity contribution in [3.05, 3.63) is 45.5 Å². The zero-order chi connectivity index (χ0) is 17.0. The van der Waals surface area contributed by atoms with Gasteiger partial charge in [-0.25, -0.2) is 0 Å². The van der Waals surface area contributed by atoms with E-state index in [0.717, 1.165) is 12.0 Å². The molecule has 1 aliphatic carbocycles. The summed E-state index contributed by atoms with van der Waals surface area (Å²) >= 11 is 0. The monoisotopic (exact) mass is 319 g/mol. The molecular formula is C17H21NO5. The maximum atomic E-state index is 11.4. The summed E-state index contributed by atoms with van der Waals surface area (Å²) in [4.78, 5) is 22.0. The second-order valence-corrected chi connectivity index (χ2v) is 5.69. The van der Waals surface area contributed by atoms with E-state index in [0.29, 0.717) is 30.8 Å². The van der Waals surface area contributed by atoms with E-state index in [4.69, 9.17) is 9.84 Å². The van der Waals surface area contributed by atoms with Gasteiger partial charge in [-0.15, -0.1) is 0 Å². The van der Waals surface area contributed by atoms with Crippen LogP contribution in [-0.4, -0.2) is 22.6 Å². The van der Waals surface area contributed by atoms with Gasteiger partial charge in [-0.05, 0) is 37.7 Å². The fourth-order valence-corrected chi connectivity index (χ4v) is 2.65. The van der Waals surface area contributed by atoms with Crippen molar-refractivity contribution in [1.82, 2.24) is 0 Å². The predicted octanol–water partition coefficient (Wildman–Crippen LogP) is 3.69. The summed E-state index contributed by atoms with van der Waals surface area (Å²) in [7, 11) is 0. The topological polar surface area (TPSA) is 89.7 Å². The molecule has 0 aliphatic heterocycles. The van der Waals surface area contributed by atoms with Crippen LogP contribution in [0.15, 0.2) is 24.3 Å². The molecule has 2 atom stereocenters. The second-order valence-electron chi connectivity index (χ2n) is 5.69. The zero-order valence-electron chi connectivity index (χ0n) is 13.3. The van der Waals surface area contributed by atoms with E-state index in [1.807, 2.05) is 32.1 Å².